The maximum atomic E-state index is 13.0. The molecule has 2 atom stereocenters. The average molecular weight is 298 g/mol. The Balaban J connectivity index is 2.03. The van der Waals surface area contributed by atoms with E-state index in [9.17, 15) is 23.5 Å². The van der Waals surface area contributed by atoms with Crippen molar-refractivity contribution in [3.8, 4) is 0 Å². The van der Waals surface area contributed by atoms with Crippen LogP contribution in [-0.2, 0) is 4.79 Å². The fourth-order valence-corrected chi connectivity index (χ4v) is 2.61. The van der Waals surface area contributed by atoms with Gasteiger partial charge in [-0.3, -0.25) is 4.79 Å². The predicted molar refractivity (Wildman–Crippen MR) is 71.9 cm³/mol. The Morgan fingerprint density at radius 1 is 1.29 bits per heavy atom. The largest absolute Gasteiger partial charge is 0.481 e. The lowest BCUT2D eigenvalue weighted by Crippen LogP contribution is -2.48. The van der Waals surface area contributed by atoms with Gasteiger partial charge in [-0.25, -0.2) is 13.6 Å². The monoisotopic (exact) mass is 298 g/mol. The minimum atomic E-state index is -1.02. The first-order valence-corrected chi connectivity index (χ1v) is 6.58. The second-order valence-electron chi connectivity index (χ2n) is 5.42. The second-order valence-corrected chi connectivity index (χ2v) is 5.42. The molecule has 2 amide bonds. The average Bonchev–Trinajstić information content (AvgIpc) is 2.70. The topological polar surface area (TPSA) is 78.4 Å². The SMILES string of the molecule is CC1(C(=O)O)CCCC1NC(=O)Nc1cc(F)cc(F)c1. The number of halogens is 2. The predicted octanol–water partition coefficient (Wildman–Crippen LogP) is 2.73. The summed E-state index contributed by atoms with van der Waals surface area (Å²) in [6.07, 6.45) is 1.72. The number of nitrogens with one attached hydrogen (secondary N) is 2. The third-order valence-corrected chi connectivity index (χ3v) is 3.87. The number of carboxylic acid groups (broad SMARTS) is 1. The van der Waals surface area contributed by atoms with Crippen LogP contribution in [0.5, 0.6) is 0 Å². The van der Waals surface area contributed by atoms with E-state index in [4.69, 9.17) is 0 Å². The molecule has 7 heteroatoms. The third-order valence-electron chi connectivity index (χ3n) is 3.87. The van der Waals surface area contributed by atoms with E-state index in [0.717, 1.165) is 12.1 Å². The second kappa shape index (κ2) is 5.67. The van der Waals surface area contributed by atoms with Crippen LogP contribution in [0.4, 0.5) is 19.3 Å². The smallest absolute Gasteiger partial charge is 0.319 e. The van der Waals surface area contributed by atoms with Gasteiger partial charge in [-0.2, -0.15) is 0 Å². The molecule has 0 aliphatic heterocycles. The van der Waals surface area contributed by atoms with Gasteiger partial charge in [0.1, 0.15) is 11.6 Å². The van der Waals surface area contributed by atoms with E-state index in [2.05, 4.69) is 10.6 Å². The van der Waals surface area contributed by atoms with E-state index in [0.29, 0.717) is 25.3 Å². The van der Waals surface area contributed by atoms with Gasteiger partial charge in [0.2, 0.25) is 0 Å². The van der Waals surface area contributed by atoms with E-state index in [1.54, 1.807) is 6.92 Å². The lowest BCUT2D eigenvalue weighted by Gasteiger charge is -2.27. The van der Waals surface area contributed by atoms with Crippen LogP contribution in [0.15, 0.2) is 18.2 Å². The Hall–Kier alpha value is -2.18. The lowest BCUT2D eigenvalue weighted by molar-refractivity contribution is -0.148. The van der Waals surface area contributed by atoms with Crippen LogP contribution in [0.3, 0.4) is 0 Å². The molecular formula is C14H16F2N2O3. The maximum Gasteiger partial charge on any atom is 0.319 e. The number of hydrogen-bond donors (Lipinski definition) is 3. The minimum absolute atomic E-state index is 0.0278. The molecular weight excluding hydrogens is 282 g/mol. The number of carbonyl (C=O) groups excluding carboxylic acids is 1. The summed E-state index contributed by atoms with van der Waals surface area (Å²) in [5.74, 6) is -2.58. The highest BCUT2D eigenvalue weighted by Gasteiger charge is 2.45. The summed E-state index contributed by atoms with van der Waals surface area (Å²) in [4.78, 5) is 23.1. The first-order chi connectivity index (χ1) is 9.81. The number of amides is 2. The number of anilines is 1. The summed E-state index contributed by atoms with van der Waals surface area (Å²) >= 11 is 0. The molecule has 1 saturated carbocycles. The van der Waals surface area contributed by atoms with Crippen molar-refractivity contribution in [3.63, 3.8) is 0 Å². The number of aliphatic carboxylic acids is 1. The van der Waals surface area contributed by atoms with Gasteiger partial charge < -0.3 is 15.7 Å². The van der Waals surface area contributed by atoms with Crippen molar-refractivity contribution in [1.82, 2.24) is 5.32 Å². The molecule has 0 radical (unpaired) electrons. The molecule has 2 rings (SSSR count). The van der Waals surface area contributed by atoms with Crippen molar-refractivity contribution < 1.29 is 23.5 Å². The Kier molecular flexibility index (Phi) is 4.11. The van der Waals surface area contributed by atoms with Gasteiger partial charge in [0.25, 0.3) is 0 Å². The van der Waals surface area contributed by atoms with E-state index in [1.807, 2.05) is 0 Å². The zero-order valence-corrected chi connectivity index (χ0v) is 11.5. The fraction of sp³-hybridized carbons (Fsp3) is 0.429. The summed E-state index contributed by atoms with van der Waals surface area (Å²) in [6.45, 7) is 1.58. The summed E-state index contributed by atoms with van der Waals surface area (Å²) in [7, 11) is 0. The highest BCUT2D eigenvalue weighted by Crippen LogP contribution is 2.38. The number of benzene rings is 1. The molecule has 0 bridgehead atoms. The Morgan fingerprint density at radius 2 is 1.90 bits per heavy atom. The number of urea groups is 1. The van der Waals surface area contributed by atoms with Crippen molar-refractivity contribution in [3.05, 3.63) is 29.8 Å². The molecule has 1 aliphatic carbocycles. The highest BCUT2D eigenvalue weighted by atomic mass is 19.1. The van der Waals surface area contributed by atoms with Crippen molar-refractivity contribution in [2.24, 2.45) is 5.41 Å². The van der Waals surface area contributed by atoms with Crippen LogP contribution >= 0.6 is 0 Å². The van der Waals surface area contributed by atoms with Crippen LogP contribution < -0.4 is 10.6 Å². The van der Waals surface area contributed by atoms with Gasteiger partial charge in [0.05, 0.1) is 5.41 Å². The van der Waals surface area contributed by atoms with E-state index < -0.39 is 35.1 Å². The molecule has 0 aromatic heterocycles. The van der Waals surface area contributed by atoms with Gasteiger partial charge in [0.15, 0.2) is 0 Å². The first-order valence-electron chi connectivity index (χ1n) is 6.58. The number of carboxylic acids is 1. The standard InChI is InChI=1S/C14H16F2N2O3/c1-14(12(19)20)4-2-3-11(14)18-13(21)17-10-6-8(15)5-9(16)7-10/h5-7,11H,2-4H2,1H3,(H,19,20)(H2,17,18,21). The van der Waals surface area contributed by atoms with Crippen molar-refractivity contribution in [2.75, 3.05) is 5.32 Å². The first kappa shape index (κ1) is 15.2. The molecule has 0 heterocycles. The fourth-order valence-electron chi connectivity index (χ4n) is 2.61. The molecule has 1 aromatic rings. The molecule has 0 saturated heterocycles. The minimum Gasteiger partial charge on any atom is -0.481 e. The Morgan fingerprint density at radius 3 is 2.48 bits per heavy atom. The number of carbonyl (C=O) groups is 2. The maximum absolute atomic E-state index is 13.0. The molecule has 114 valence electrons. The molecule has 5 nitrogen and oxygen atoms in total. The van der Waals surface area contributed by atoms with E-state index >= 15 is 0 Å². The molecule has 0 spiro atoms. The van der Waals surface area contributed by atoms with Crippen molar-refractivity contribution in [2.45, 2.75) is 32.2 Å². The van der Waals surface area contributed by atoms with Gasteiger partial charge in [-0.1, -0.05) is 6.42 Å². The Bertz CT molecular complexity index is 559. The molecule has 2 unspecified atom stereocenters. The summed E-state index contributed by atoms with van der Waals surface area (Å²) in [5.41, 5.74) is -1.05. The van der Waals surface area contributed by atoms with Crippen LogP contribution in [0.1, 0.15) is 26.2 Å². The molecule has 1 aromatic carbocycles. The van der Waals surface area contributed by atoms with Crippen LogP contribution in [-0.4, -0.2) is 23.1 Å². The van der Waals surface area contributed by atoms with Crippen LogP contribution in [0.25, 0.3) is 0 Å². The van der Waals surface area contributed by atoms with E-state index in [1.165, 1.54) is 0 Å². The van der Waals surface area contributed by atoms with Crippen molar-refractivity contribution >= 4 is 17.7 Å². The summed E-state index contributed by atoms with van der Waals surface area (Å²) in [6, 6.07) is 1.45. The quantitative estimate of drug-likeness (QED) is 0.803. The Labute approximate surface area is 120 Å². The van der Waals surface area contributed by atoms with Crippen LogP contribution in [0, 0.1) is 17.0 Å². The van der Waals surface area contributed by atoms with Crippen LogP contribution in [0.2, 0.25) is 0 Å². The summed E-state index contributed by atoms with van der Waals surface area (Å²) < 4.78 is 26.0. The molecule has 21 heavy (non-hydrogen) atoms. The molecule has 1 aliphatic rings. The van der Waals surface area contributed by atoms with Crippen molar-refractivity contribution in [1.29, 1.82) is 0 Å². The van der Waals surface area contributed by atoms with E-state index in [-0.39, 0.29) is 5.69 Å². The van der Waals surface area contributed by atoms with Gasteiger partial charge in [-0.05, 0) is 31.9 Å². The third kappa shape index (κ3) is 3.29. The molecule has 1 fully saturated rings. The normalized spacial score (nSPS) is 24.6. The zero-order valence-electron chi connectivity index (χ0n) is 11.5. The van der Waals surface area contributed by atoms with Gasteiger partial charge >= 0.3 is 12.0 Å². The van der Waals surface area contributed by atoms with Gasteiger partial charge in [-0.15, -0.1) is 0 Å². The number of hydrogen-bond acceptors (Lipinski definition) is 2. The zero-order chi connectivity index (χ0) is 15.6. The summed E-state index contributed by atoms with van der Waals surface area (Å²) in [5, 5.41) is 14.1. The number of rotatable bonds is 3. The lowest BCUT2D eigenvalue weighted by atomic mass is 9.85. The molecule has 3 N–H and O–H groups in total. The van der Waals surface area contributed by atoms with Gasteiger partial charge in [0, 0.05) is 17.8 Å². The highest BCUT2D eigenvalue weighted by molar-refractivity contribution is 5.90.